The zero-order valence-corrected chi connectivity index (χ0v) is 17.9. The Morgan fingerprint density at radius 1 is 1.10 bits per heavy atom. The van der Waals surface area contributed by atoms with Gasteiger partial charge >= 0.3 is 0 Å². The van der Waals surface area contributed by atoms with E-state index in [9.17, 15) is 0 Å². The van der Waals surface area contributed by atoms with Gasteiger partial charge in [0.25, 0.3) is 0 Å². The fourth-order valence-corrected chi connectivity index (χ4v) is 3.26. The first-order valence-corrected chi connectivity index (χ1v) is 10.0. The SMILES string of the molecule is Cc1ccc(-c2nc(CO/N=C(\N)c3cccc(Cn4nc(C)cc4C)c3)co2)cc1. The van der Waals surface area contributed by atoms with E-state index in [1.165, 1.54) is 5.56 Å². The number of aryl methyl sites for hydroxylation is 3. The van der Waals surface area contributed by atoms with Crippen LogP contribution in [0.4, 0.5) is 0 Å². The quantitative estimate of drug-likeness (QED) is 0.275. The molecule has 2 aromatic carbocycles. The summed E-state index contributed by atoms with van der Waals surface area (Å²) in [5.74, 6) is 0.852. The molecule has 2 N–H and O–H groups in total. The van der Waals surface area contributed by atoms with E-state index in [2.05, 4.69) is 21.3 Å². The van der Waals surface area contributed by atoms with Crippen LogP contribution in [0, 0.1) is 20.8 Å². The number of aromatic nitrogens is 3. The molecule has 4 aromatic rings. The smallest absolute Gasteiger partial charge is 0.226 e. The zero-order valence-electron chi connectivity index (χ0n) is 17.9. The summed E-state index contributed by atoms with van der Waals surface area (Å²) in [4.78, 5) is 9.85. The van der Waals surface area contributed by atoms with Crippen LogP contribution in [0.3, 0.4) is 0 Å². The third kappa shape index (κ3) is 5.01. The van der Waals surface area contributed by atoms with Gasteiger partial charge in [-0.15, -0.1) is 0 Å². The first kappa shape index (κ1) is 20.4. The molecule has 0 aliphatic rings. The van der Waals surface area contributed by atoms with Gasteiger partial charge < -0.3 is 15.0 Å². The molecule has 0 fully saturated rings. The van der Waals surface area contributed by atoms with E-state index < -0.39 is 0 Å². The monoisotopic (exact) mass is 415 g/mol. The summed E-state index contributed by atoms with van der Waals surface area (Å²) in [6, 6.07) is 17.9. The molecule has 0 saturated carbocycles. The fourth-order valence-electron chi connectivity index (χ4n) is 3.26. The summed E-state index contributed by atoms with van der Waals surface area (Å²) in [5.41, 5.74) is 12.9. The van der Waals surface area contributed by atoms with Crippen LogP contribution in [0.5, 0.6) is 0 Å². The molecule has 0 amide bonds. The Morgan fingerprint density at radius 3 is 2.65 bits per heavy atom. The number of amidine groups is 1. The van der Waals surface area contributed by atoms with Gasteiger partial charge in [0, 0.05) is 16.8 Å². The lowest BCUT2D eigenvalue weighted by molar-refractivity contribution is 0.127. The van der Waals surface area contributed by atoms with Gasteiger partial charge in [0.1, 0.15) is 12.0 Å². The minimum Gasteiger partial charge on any atom is -0.444 e. The number of hydrogen-bond donors (Lipinski definition) is 1. The Hall–Kier alpha value is -3.87. The van der Waals surface area contributed by atoms with Gasteiger partial charge in [-0.1, -0.05) is 41.1 Å². The molecule has 0 aliphatic heterocycles. The highest BCUT2D eigenvalue weighted by molar-refractivity contribution is 5.97. The molecule has 0 atom stereocenters. The third-order valence-corrected chi connectivity index (χ3v) is 4.88. The Morgan fingerprint density at radius 2 is 1.90 bits per heavy atom. The van der Waals surface area contributed by atoms with E-state index in [4.69, 9.17) is 15.0 Å². The molecule has 0 aliphatic carbocycles. The highest BCUT2D eigenvalue weighted by Gasteiger charge is 2.08. The van der Waals surface area contributed by atoms with Crippen molar-refractivity contribution in [3.05, 3.63) is 94.6 Å². The molecule has 31 heavy (non-hydrogen) atoms. The molecule has 0 bridgehead atoms. The van der Waals surface area contributed by atoms with E-state index in [-0.39, 0.29) is 6.61 Å². The molecule has 2 heterocycles. The lowest BCUT2D eigenvalue weighted by Gasteiger charge is -2.07. The topological polar surface area (TPSA) is 91.5 Å². The van der Waals surface area contributed by atoms with Gasteiger partial charge in [-0.3, -0.25) is 4.68 Å². The maximum Gasteiger partial charge on any atom is 0.226 e. The van der Waals surface area contributed by atoms with Crippen molar-refractivity contribution in [3.63, 3.8) is 0 Å². The van der Waals surface area contributed by atoms with Gasteiger partial charge in [-0.25, -0.2) is 4.98 Å². The molecule has 0 saturated heterocycles. The van der Waals surface area contributed by atoms with Crippen LogP contribution in [-0.4, -0.2) is 20.6 Å². The predicted molar refractivity (Wildman–Crippen MR) is 119 cm³/mol. The van der Waals surface area contributed by atoms with Crippen LogP contribution >= 0.6 is 0 Å². The van der Waals surface area contributed by atoms with Crippen molar-refractivity contribution in [1.29, 1.82) is 0 Å². The number of benzene rings is 2. The normalized spacial score (nSPS) is 11.6. The second kappa shape index (κ2) is 8.87. The van der Waals surface area contributed by atoms with Crippen molar-refractivity contribution in [2.75, 3.05) is 0 Å². The summed E-state index contributed by atoms with van der Waals surface area (Å²) in [6.07, 6.45) is 1.57. The van der Waals surface area contributed by atoms with Crippen LogP contribution < -0.4 is 5.73 Å². The second-order valence-electron chi connectivity index (χ2n) is 7.55. The van der Waals surface area contributed by atoms with E-state index in [1.54, 1.807) is 6.26 Å². The van der Waals surface area contributed by atoms with Crippen LogP contribution in [-0.2, 0) is 18.0 Å². The number of rotatable bonds is 7. The summed E-state index contributed by atoms with van der Waals surface area (Å²) in [5, 5.41) is 8.55. The highest BCUT2D eigenvalue weighted by atomic mass is 16.6. The van der Waals surface area contributed by atoms with Crippen LogP contribution in [0.2, 0.25) is 0 Å². The average molecular weight is 415 g/mol. The van der Waals surface area contributed by atoms with Gasteiger partial charge in [0.05, 0.1) is 12.2 Å². The predicted octanol–water partition coefficient (Wildman–Crippen LogP) is 4.35. The van der Waals surface area contributed by atoms with Crippen LogP contribution in [0.1, 0.15) is 33.8 Å². The molecule has 0 spiro atoms. The van der Waals surface area contributed by atoms with E-state index in [0.717, 1.165) is 28.1 Å². The Labute approximate surface area is 181 Å². The first-order chi connectivity index (χ1) is 15.0. The van der Waals surface area contributed by atoms with Crippen molar-refractivity contribution in [2.24, 2.45) is 10.9 Å². The minimum atomic E-state index is 0.168. The van der Waals surface area contributed by atoms with Crippen molar-refractivity contribution >= 4 is 5.84 Å². The lowest BCUT2D eigenvalue weighted by atomic mass is 10.1. The molecule has 158 valence electrons. The third-order valence-electron chi connectivity index (χ3n) is 4.88. The average Bonchev–Trinajstić information content (AvgIpc) is 3.35. The summed E-state index contributed by atoms with van der Waals surface area (Å²) in [7, 11) is 0. The number of oxazole rings is 1. The molecule has 0 unspecified atom stereocenters. The number of oxime groups is 1. The van der Waals surface area contributed by atoms with Gasteiger partial charge in [-0.2, -0.15) is 5.10 Å². The van der Waals surface area contributed by atoms with Gasteiger partial charge in [-0.05, 0) is 50.6 Å². The Bertz CT molecular complexity index is 1200. The molecule has 0 radical (unpaired) electrons. The maximum atomic E-state index is 6.12. The fraction of sp³-hybridized carbons (Fsp3) is 0.208. The highest BCUT2D eigenvalue weighted by Crippen LogP contribution is 2.19. The Kier molecular flexibility index (Phi) is 5.84. The van der Waals surface area contributed by atoms with E-state index in [0.29, 0.717) is 24.0 Å². The molecule has 7 heteroatoms. The zero-order chi connectivity index (χ0) is 21.8. The summed E-state index contributed by atoms with van der Waals surface area (Å²) in [6.45, 7) is 6.90. The minimum absolute atomic E-state index is 0.168. The summed E-state index contributed by atoms with van der Waals surface area (Å²) < 4.78 is 7.50. The van der Waals surface area contributed by atoms with E-state index >= 15 is 0 Å². The standard InChI is InChI=1S/C24H25N5O2/c1-16-7-9-20(10-8-16)24-26-22(14-30-24)15-31-28-23(25)21-6-4-5-19(12-21)13-29-18(3)11-17(2)27-29/h4-12,14H,13,15H2,1-3H3,(H2,25,28). The largest absolute Gasteiger partial charge is 0.444 e. The Balaban J connectivity index is 1.39. The maximum absolute atomic E-state index is 6.12. The van der Waals surface area contributed by atoms with E-state index in [1.807, 2.05) is 74.0 Å². The number of nitrogens with two attached hydrogens (primary N) is 1. The van der Waals surface area contributed by atoms with Crippen molar-refractivity contribution in [1.82, 2.24) is 14.8 Å². The number of hydrogen-bond acceptors (Lipinski definition) is 5. The first-order valence-electron chi connectivity index (χ1n) is 10.0. The van der Waals surface area contributed by atoms with Crippen molar-refractivity contribution in [2.45, 2.75) is 33.9 Å². The second-order valence-corrected chi connectivity index (χ2v) is 7.55. The van der Waals surface area contributed by atoms with Gasteiger partial charge in [0.15, 0.2) is 12.4 Å². The van der Waals surface area contributed by atoms with Gasteiger partial charge in [0.2, 0.25) is 5.89 Å². The molecule has 2 aromatic heterocycles. The van der Waals surface area contributed by atoms with Crippen molar-refractivity contribution in [3.8, 4) is 11.5 Å². The van der Waals surface area contributed by atoms with Crippen LogP contribution in [0.15, 0.2) is 70.4 Å². The molecular formula is C24H25N5O2. The number of nitrogens with zero attached hydrogens (tertiary/aromatic N) is 4. The molecular weight excluding hydrogens is 390 g/mol. The lowest BCUT2D eigenvalue weighted by Crippen LogP contribution is -2.14. The summed E-state index contributed by atoms with van der Waals surface area (Å²) >= 11 is 0. The van der Waals surface area contributed by atoms with Crippen molar-refractivity contribution < 1.29 is 9.25 Å². The van der Waals surface area contributed by atoms with Crippen LogP contribution in [0.25, 0.3) is 11.5 Å². The molecule has 4 rings (SSSR count). The molecule has 7 nitrogen and oxygen atoms in total.